The van der Waals surface area contributed by atoms with Crippen LogP contribution in [0.25, 0.3) is 0 Å². The standard InChI is InChI=1S/C11H10FNO/c1-8(11(14)6-7-13)9-2-4-10(12)5-3-9/h2-5,8H,6H2,1H3. The largest absolute Gasteiger partial charge is 0.298 e. The molecule has 0 aliphatic heterocycles. The molecule has 0 aliphatic rings. The summed E-state index contributed by atoms with van der Waals surface area (Å²) in [6.07, 6.45) is -0.0987. The lowest BCUT2D eigenvalue weighted by Gasteiger charge is -2.07. The van der Waals surface area contributed by atoms with Crippen molar-refractivity contribution in [2.24, 2.45) is 0 Å². The van der Waals surface area contributed by atoms with Crippen LogP contribution in [-0.2, 0) is 4.79 Å². The molecule has 0 saturated heterocycles. The van der Waals surface area contributed by atoms with E-state index in [4.69, 9.17) is 5.26 Å². The molecule has 0 fully saturated rings. The molecule has 1 atom stereocenters. The van der Waals surface area contributed by atoms with Crippen molar-refractivity contribution in [2.75, 3.05) is 0 Å². The number of nitriles is 1. The number of Topliss-reactive ketones (excluding diaryl/α,β-unsaturated/α-hetero) is 1. The summed E-state index contributed by atoms with van der Waals surface area (Å²) in [7, 11) is 0. The summed E-state index contributed by atoms with van der Waals surface area (Å²) in [5.74, 6) is -0.803. The van der Waals surface area contributed by atoms with Gasteiger partial charge < -0.3 is 0 Å². The molecule has 2 nitrogen and oxygen atoms in total. The molecule has 72 valence electrons. The molecule has 0 bridgehead atoms. The normalized spacial score (nSPS) is 11.8. The number of carbonyl (C=O) groups excluding carboxylic acids is 1. The van der Waals surface area contributed by atoms with Gasteiger partial charge in [-0.05, 0) is 17.7 Å². The van der Waals surface area contributed by atoms with Gasteiger partial charge in [0, 0.05) is 5.92 Å². The summed E-state index contributed by atoms with van der Waals surface area (Å²) in [6.45, 7) is 1.72. The molecule has 0 radical (unpaired) electrons. The molecule has 1 aromatic rings. The first-order chi connectivity index (χ1) is 6.65. The zero-order valence-corrected chi connectivity index (χ0v) is 7.83. The second kappa shape index (κ2) is 4.52. The Morgan fingerprint density at radius 3 is 2.57 bits per heavy atom. The monoisotopic (exact) mass is 191 g/mol. The zero-order chi connectivity index (χ0) is 10.6. The van der Waals surface area contributed by atoms with Crippen molar-refractivity contribution in [3.8, 4) is 6.07 Å². The number of halogens is 1. The van der Waals surface area contributed by atoms with Crippen molar-refractivity contribution in [1.82, 2.24) is 0 Å². The average Bonchev–Trinajstić information content (AvgIpc) is 2.18. The van der Waals surface area contributed by atoms with Crippen molar-refractivity contribution in [3.63, 3.8) is 0 Å². The van der Waals surface area contributed by atoms with Crippen LogP contribution in [0.1, 0.15) is 24.8 Å². The van der Waals surface area contributed by atoms with Crippen LogP contribution in [0.2, 0.25) is 0 Å². The fraction of sp³-hybridized carbons (Fsp3) is 0.273. The number of benzene rings is 1. The first kappa shape index (κ1) is 10.4. The zero-order valence-electron chi connectivity index (χ0n) is 7.83. The molecular weight excluding hydrogens is 181 g/mol. The van der Waals surface area contributed by atoms with E-state index in [9.17, 15) is 9.18 Å². The van der Waals surface area contributed by atoms with Gasteiger partial charge in [-0.3, -0.25) is 4.79 Å². The van der Waals surface area contributed by atoms with E-state index in [-0.39, 0.29) is 23.9 Å². The Hall–Kier alpha value is -1.69. The Morgan fingerprint density at radius 2 is 2.07 bits per heavy atom. The van der Waals surface area contributed by atoms with Gasteiger partial charge in [-0.1, -0.05) is 19.1 Å². The van der Waals surface area contributed by atoms with Gasteiger partial charge in [-0.25, -0.2) is 4.39 Å². The van der Waals surface area contributed by atoms with Crippen LogP contribution in [0.3, 0.4) is 0 Å². The topological polar surface area (TPSA) is 40.9 Å². The van der Waals surface area contributed by atoms with E-state index in [1.165, 1.54) is 12.1 Å². The molecule has 0 heterocycles. The predicted molar refractivity (Wildman–Crippen MR) is 50.1 cm³/mol. The number of carbonyl (C=O) groups is 1. The lowest BCUT2D eigenvalue weighted by atomic mass is 9.95. The van der Waals surface area contributed by atoms with E-state index in [0.29, 0.717) is 0 Å². The van der Waals surface area contributed by atoms with Gasteiger partial charge in [0.1, 0.15) is 5.82 Å². The predicted octanol–water partition coefficient (Wildman–Crippen LogP) is 2.41. The minimum atomic E-state index is -0.338. The first-order valence-corrected chi connectivity index (χ1v) is 4.30. The Bertz CT molecular complexity index is 364. The van der Waals surface area contributed by atoms with Crippen molar-refractivity contribution in [3.05, 3.63) is 35.6 Å². The Kier molecular flexibility index (Phi) is 3.35. The van der Waals surface area contributed by atoms with E-state index in [1.807, 2.05) is 0 Å². The highest BCUT2D eigenvalue weighted by molar-refractivity contribution is 5.86. The van der Waals surface area contributed by atoms with Crippen LogP contribution in [-0.4, -0.2) is 5.78 Å². The maximum Gasteiger partial charge on any atom is 0.154 e. The quantitative estimate of drug-likeness (QED) is 0.736. The number of hydrogen-bond acceptors (Lipinski definition) is 2. The van der Waals surface area contributed by atoms with Crippen molar-refractivity contribution in [2.45, 2.75) is 19.3 Å². The van der Waals surface area contributed by atoms with Crippen molar-refractivity contribution in [1.29, 1.82) is 5.26 Å². The minimum Gasteiger partial charge on any atom is -0.298 e. The second-order valence-corrected chi connectivity index (χ2v) is 3.07. The summed E-state index contributed by atoms with van der Waals surface area (Å²) in [6, 6.07) is 7.56. The summed E-state index contributed by atoms with van der Waals surface area (Å²) >= 11 is 0. The number of nitrogens with zero attached hydrogens (tertiary/aromatic N) is 1. The van der Waals surface area contributed by atoms with E-state index >= 15 is 0 Å². The number of rotatable bonds is 3. The number of hydrogen-bond donors (Lipinski definition) is 0. The minimum absolute atomic E-state index is 0.0987. The third-order valence-corrected chi connectivity index (χ3v) is 2.11. The molecule has 0 aliphatic carbocycles. The molecule has 0 saturated carbocycles. The second-order valence-electron chi connectivity index (χ2n) is 3.07. The van der Waals surface area contributed by atoms with Gasteiger partial charge in [0.2, 0.25) is 0 Å². The van der Waals surface area contributed by atoms with E-state index in [2.05, 4.69) is 0 Å². The lowest BCUT2D eigenvalue weighted by Crippen LogP contribution is -2.07. The Balaban J connectivity index is 2.80. The van der Waals surface area contributed by atoms with Crippen LogP contribution < -0.4 is 0 Å². The summed E-state index contributed by atoms with van der Waals surface area (Å²) < 4.78 is 12.6. The highest BCUT2D eigenvalue weighted by Gasteiger charge is 2.14. The SMILES string of the molecule is CC(C(=O)CC#N)c1ccc(F)cc1. The molecule has 3 heteroatoms. The average molecular weight is 191 g/mol. The molecule has 0 aromatic heterocycles. The van der Waals surface area contributed by atoms with Crippen LogP contribution in [0.4, 0.5) is 4.39 Å². The van der Waals surface area contributed by atoms with Crippen LogP contribution in [0.15, 0.2) is 24.3 Å². The summed E-state index contributed by atoms with van der Waals surface area (Å²) in [5.41, 5.74) is 0.742. The van der Waals surface area contributed by atoms with E-state index in [0.717, 1.165) is 5.56 Å². The highest BCUT2D eigenvalue weighted by atomic mass is 19.1. The smallest absolute Gasteiger partial charge is 0.154 e. The Labute approximate surface area is 82.0 Å². The molecule has 1 aromatic carbocycles. The van der Waals surface area contributed by atoms with Gasteiger partial charge in [-0.2, -0.15) is 5.26 Å². The molecule has 0 amide bonds. The van der Waals surface area contributed by atoms with Crippen LogP contribution >= 0.6 is 0 Å². The van der Waals surface area contributed by atoms with Gasteiger partial charge in [0.15, 0.2) is 5.78 Å². The maximum absolute atomic E-state index is 12.6. The molecule has 14 heavy (non-hydrogen) atoms. The lowest BCUT2D eigenvalue weighted by molar-refractivity contribution is -0.119. The third-order valence-electron chi connectivity index (χ3n) is 2.11. The fourth-order valence-corrected chi connectivity index (χ4v) is 1.17. The van der Waals surface area contributed by atoms with E-state index in [1.54, 1.807) is 25.1 Å². The molecule has 0 spiro atoms. The molecule has 0 N–H and O–H groups in total. The summed E-state index contributed by atoms with van der Waals surface area (Å²) in [4.78, 5) is 11.3. The van der Waals surface area contributed by atoms with Crippen molar-refractivity contribution < 1.29 is 9.18 Å². The van der Waals surface area contributed by atoms with E-state index < -0.39 is 0 Å². The Morgan fingerprint density at radius 1 is 1.50 bits per heavy atom. The van der Waals surface area contributed by atoms with Crippen LogP contribution in [0.5, 0.6) is 0 Å². The van der Waals surface area contributed by atoms with Crippen LogP contribution in [0, 0.1) is 17.1 Å². The van der Waals surface area contributed by atoms with Gasteiger partial charge in [0.25, 0.3) is 0 Å². The van der Waals surface area contributed by atoms with Gasteiger partial charge >= 0.3 is 0 Å². The summed E-state index contributed by atoms with van der Waals surface area (Å²) in [5, 5.41) is 8.35. The first-order valence-electron chi connectivity index (χ1n) is 4.30. The third kappa shape index (κ3) is 2.40. The molecule has 1 unspecified atom stereocenters. The highest BCUT2D eigenvalue weighted by Crippen LogP contribution is 2.17. The fourth-order valence-electron chi connectivity index (χ4n) is 1.17. The number of ketones is 1. The van der Waals surface area contributed by atoms with Gasteiger partial charge in [0.05, 0.1) is 12.5 Å². The molecular formula is C11H10FNO. The molecule has 1 rings (SSSR count). The maximum atomic E-state index is 12.6. The van der Waals surface area contributed by atoms with Crippen molar-refractivity contribution >= 4 is 5.78 Å². The van der Waals surface area contributed by atoms with Gasteiger partial charge in [-0.15, -0.1) is 0 Å².